The van der Waals surface area contributed by atoms with E-state index in [0.29, 0.717) is 24.9 Å². The van der Waals surface area contributed by atoms with E-state index < -0.39 is 0 Å². The van der Waals surface area contributed by atoms with Crippen LogP contribution >= 0.6 is 0 Å². The Labute approximate surface area is 136 Å². The van der Waals surface area contributed by atoms with E-state index in [1.54, 1.807) is 0 Å². The highest BCUT2D eigenvalue weighted by Crippen LogP contribution is 2.22. The summed E-state index contributed by atoms with van der Waals surface area (Å²) in [5, 5.41) is 4.03. The number of nitrogens with zero attached hydrogens (tertiary/aromatic N) is 2. The lowest BCUT2D eigenvalue weighted by molar-refractivity contribution is -0.0656. The summed E-state index contributed by atoms with van der Waals surface area (Å²) >= 11 is 0. The van der Waals surface area contributed by atoms with Crippen molar-refractivity contribution in [2.45, 2.75) is 44.9 Å². The lowest BCUT2D eigenvalue weighted by Gasteiger charge is -2.23. The minimum Gasteiger partial charge on any atom is -0.376 e. The third-order valence-electron chi connectivity index (χ3n) is 4.04. The van der Waals surface area contributed by atoms with Crippen LogP contribution in [-0.4, -0.2) is 29.5 Å². The van der Waals surface area contributed by atoms with Crippen molar-refractivity contribution in [1.29, 1.82) is 0 Å². The lowest BCUT2D eigenvalue weighted by atomic mass is 10.1. The summed E-state index contributed by atoms with van der Waals surface area (Å²) in [6.45, 7) is 3.82. The van der Waals surface area contributed by atoms with Gasteiger partial charge in [0, 0.05) is 18.7 Å². The number of nitrogens with two attached hydrogens (primary N) is 1. The first-order valence-corrected chi connectivity index (χ1v) is 8.12. The van der Waals surface area contributed by atoms with Gasteiger partial charge in [-0.2, -0.15) is 4.98 Å². The SMILES string of the molecule is CC(OCC1CCCCO1)c1nc(-c2ccc(CN)cc2)no1. The van der Waals surface area contributed by atoms with E-state index in [0.717, 1.165) is 30.6 Å². The Kier molecular flexibility index (Phi) is 5.38. The smallest absolute Gasteiger partial charge is 0.255 e. The van der Waals surface area contributed by atoms with Gasteiger partial charge in [-0.15, -0.1) is 0 Å². The normalized spacial score (nSPS) is 19.7. The third-order valence-corrected chi connectivity index (χ3v) is 4.04. The molecular formula is C17H23N3O3. The number of rotatable bonds is 6. The molecule has 0 bridgehead atoms. The molecular weight excluding hydrogens is 294 g/mol. The highest BCUT2D eigenvalue weighted by atomic mass is 16.6. The Morgan fingerprint density at radius 1 is 1.30 bits per heavy atom. The van der Waals surface area contributed by atoms with Gasteiger partial charge < -0.3 is 19.7 Å². The standard InChI is InChI=1S/C17H23N3O3/c1-12(22-11-15-4-2-3-9-21-15)17-19-16(20-23-17)14-7-5-13(10-18)6-8-14/h5-8,12,15H,2-4,9-11,18H2,1H3. The topological polar surface area (TPSA) is 83.4 Å². The van der Waals surface area contributed by atoms with Crippen LogP contribution in [0.4, 0.5) is 0 Å². The van der Waals surface area contributed by atoms with Crippen molar-refractivity contribution >= 4 is 0 Å². The van der Waals surface area contributed by atoms with E-state index in [-0.39, 0.29) is 12.2 Å². The van der Waals surface area contributed by atoms with Gasteiger partial charge in [-0.3, -0.25) is 0 Å². The monoisotopic (exact) mass is 317 g/mol. The van der Waals surface area contributed by atoms with Crippen LogP contribution < -0.4 is 5.73 Å². The van der Waals surface area contributed by atoms with Gasteiger partial charge in [0.2, 0.25) is 5.82 Å². The van der Waals surface area contributed by atoms with Gasteiger partial charge >= 0.3 is 0 Å². The van der Waals surface area contributed by atoms with Gasteiger partial charge in [-0.25, -0.2) is 0 Å². The van der Waals surface area contributed by atoms with Crippen molar-refractivity contribution in [2.24, 2.45) is 5.73 Å². The van der Waals surface area contributed by atoms with Gasteiger partial charge in [-0.05, 0) is 31.7 Å². The van der Waals surface area contributed by atoms with E-state index >= 15 is 0 Å². The first kappa shape index (κ1) is 16.1. The molecule has 6 nitrogen and oxygen atoms in total. The molecule has 1 aliphatic rings. The van der Waals surface area contributed by atoms with E-state index in [9.17, 15) is 0 Å². The number of hydrogen-bond donors (Lipinski definition) is 1. The molecule has 2 aromatic rings. The van der Waals surface area contributed by atoms with E-state index in [1.165, 1.54) is 6.42 Å². The largest absolute Gasteiger partial charge is 0.376 e. The van der Waals surface area contributed by atoms with Crippen molar-refractivity contribution < 1.29 is 14.0 Å². The highest BCUT2D eigenvalue weighted by molar-refractivity contribution is 5.54. The summed E-state index contributed by atoms with van der Waals surface area (Å²) < 4.78 is 16.8. The molecule has 2 atom stereocenters. The Morgan fingerprint density at radius 2 is 2.13 bits per heavy atom. The zero-order valence-corrected chi connectivity index (χ0v) is 13.4. The van der Waals surface area contributed by atoms with Crippen LogP contribution in [0.2, 0.25) is 0 Å². The zero-order valence-electron chi connectivity index (χ0n) is 13.4. The quantitative estimate of drug-likeness (QED) is 0.882. The molecule has 2 unspecified atom stereocenters. The average molecular weight is 317 g/mol. The van der Waals surface area contributed by atoms with Crippen LogP contribution in [0, 0.1) is 0 Å². The Balaban J connectivity index is 1.58. The number of aromatic nitrogens is 2. The fraction of sp³-hybridized carbons (Fsp3) is 0.529. The Hall–Kier alpha value is -1.76. The summed E-state index contributed by atoms with van der Waals surface area (Å²) in [7, 11) is 0. The molecule has 0 aliphatic carbocycles. The molecule has 23 heavy (non-hydrogen) atoms. The van der Waals surface area contributed by atoms with Gasteiger partial charge in [0.05, 0.1) is 12.7 Å². The van der Waals surface area contributed by atoms with E-state index in [1.807, 2.05) is 31.2 Å². The van der Waals surface area contributed by atoms with E-state index in [2.05, 4.69) is 10.1 Å². The molecule has 0 radical (unpaired) electrons. The van der Waals surface area contributed by atoms with Crippen molar-refractivity contribution in [3.05, 3.63) is 35.7 Å². The van der Waals surface area contributed by atoms with Gasteiger partial charge in [-0.1, -0.05) is 29.4 Å². The fourth-order valence-corrected chi connectivity index (χ4v) is 2.57. The maximum Gasteiger partial charge on any atom is 0.255 e. The van der Waals surface area contributed by atoms with Crippen LogP contribution in [0.1, 0.15) is 43.7 Å². The minimum absolute atomic E-state index is 0.178. The molecule has 0 saturated carbocycles. The fourth-order valence-electron chi connectivity index (χ4n) is 2.57. The second-order valence-electron chi connectivity index (χ2n) is 5.82. The summed E-state index contributed by atoms with van der Waals surface area (Å²) in [4.78, 5) is 4.42. The second kappa shape index (κ2) is 7.68. The predicted molar refractivity (Wildman–Crippen MR) is 85.6 cm³/mol. The van der Waals surface area contributed by atoms with Crippen molar-refractivity contribution in [3.8, 4) is 11.4 Å². The number of ether oxygens (including phenoxy) is 2. The molecule has 0 amide bonds. The van der Waals surface area contributed by atoms with E-state index in [4.69, 9.17) is 19.7 Å². The summed E-state index contributed by atoms with van der Waals surface area (Å²) in [5.74, 6) is 1.05. The zero-order chi connectivity index (χ0) is 16.1. The highest BCUT2D eigenvalue weighted by Gasteiger charge is 2.19. The molecule has 1 aromatic carbocycles. The molecule has 0 spiro atoms. The molecule has 1 fully saturated rings. The Morgan fingerprint density at radius 3 is 2.83 bits per heavy atom. The molecule has 1 aliphatic heterocycles. The molecule has 6 heteroatoms. The first-order valence-electron chi connectivity index (χ1n) is 8.12. The van der Waals surface area contributed by atoms with Gasteiger partial charge in [0.25, 0.3) is 5.89 Å². The van der Waals surface area contributed by atoms with Gasteiger partial charge in [0.1, 0.15) is 6.10 Å². The minimum atomic E-state index is -0.245. The van der Waals surface area contributed by atoms with Crippen LogP contribution in [0.3, 0.4) is 0 Å². The molecule has 1 aromatic heterocycles. The predicted octanol–water partition coefficient (Wildman–Crippen LogP) is 2.84. The summed E-state index contributed by atoms with van der Waals surface area (Å²) in [5.41, 5.74) is 7.57. The summed E-state index contributed by atoms with van der Waals surface area (Å²) in [6.07, 6.45) is 3.32. The van der Waals surface area contributed by atoms with Crippen LogP contribution in [0.5, 0.6) is 0 Å². The molecule has 2 N–H and O–H groups in total. The van der Waals surface area contributed by atoms with Crippen LogP contribution in [0.15, 0.2) is 28.8 Å². The second-order valence-corrected chi connectivity index (χ2v) is 5.82. The molecule has 3 rings (SSSR count). The maximum absolute atomic E-state index is 5.82. The molecule has 1 saturated heterocycles. The van der Waals surface area contributed by atoms with Gasteiger partial charge in [0.15, 0.2) is 0 Å². The lowest BCUT2D eigenvalue weighted by Crippen LogP contribution is -2.25. The number of hydrogen-bond acceptors (Lipinski definition) is 6. The van der Waals surface area contributed by atoms with Crippen molar-refractivity contribution in [2.75, 3.05) is 13.2 Å². The van der Waals surface area contributed by atoms with Crippen molar-refractivity contribution in [3.63, 3.8) is 0 Å². The number of benzene rings is 1. The first-order chi connectivity index (χ1) is 11.3. The third kappa shape index (κ3) is 4.16. The van der Waals surface area contributed by atoms with Crippen LogP contribution in [-0.2, 0) is 16.0 Å². The summed E-state index contributed by atoms with van der Waals surface area (Å²) in [6, 6.07) is 7.81. The van der Waals surface area contributed by atoms with Crippen molar-refractivity contribution in [1.82, 2.24) is 10.1 Å². The Bertz CT molecular complexity index is 606. The molecule has 124 valence electrons. The average Bonchev–Trinajstić information content (AvgIpc) is 3.11. The molecule has 2 heterocycles. The van der Waals surface area contributed by atoms with Crippen LogP contribution in [0.25, 0.3) is 11.4 Å². The maximum atomic E-state index is 5.82.